The van der Waals surface area contributed by atoms with Crippen LogP contribution >= 0.6 is 0 Å². The summed E-state index contributed by atoms with van der Waals surface area (Å²) in [5, 5.41) is 2.66. The maximum Gasteiger partial charge on any atom is 0.221 e. The zero-order chi connectivity index (χ0) is 10.0. The first kappa shape index (κ1) is 9.71. The van der Waals surface area contributed by atoms with Crippen molar-refractivity contribution in [2.75, 3.05) is 5.32 Å². The van der Waals surface area contributed by atoms with Crippen LogP contribution in [0.2, 0.25) is 0 Å². The second-order valence-electron chi connectivity index (χ2n) is 3.10. The Labute approximate surface area is 76.8 Å². The summed E-state index contributed by atoms with van der Waals surface area (Å²) in [6.45, 7) is 4.96. The predicted molar refractivity (Wildman–Crippen MR) is 50.2 cm³/mol. The summed E-state index contributed by atoms with van der Waals surface area (Å²) < 4.78 is 12.8. The van der Waals surface area contributed by atoms with Crippen molar-refractivity contribution in [2.45, 2.75) is 20.8 Å². The topological polar surface area (TPSA) is 29.1 Å². The van der Waals surface area contributed by atoms with Crippen molar-refractivity contribution in [1.82, 2.24) is 0 Å². The van der Waals surface area contributed by atoms with Crippen molar-refractivity contribution in [2.24, 2.45) is 0 Å². The molecule has 1 aromatic rings. The number of carbonyl (C=O) groups excluding carboxylic acids is 1. The van der Waals surface area contributed by atoms with Gasteiger partial charge >= 0.3 is 0 Å². The molecule has 1 rings (SSSR count). The van der Waals surface area contributed by atoms with Gasteiger partial charge in [0.05, 0.1) is 0 Å². The number of anilines is 1. The van der Waals surface area contributed by atoms with Crippen LogP contribution in [0.3, 0.4) is 0 Å². The molecule has 0 fully saturated rings. The number of aryl methyl sites for hydroxylation is 2. The average molecular weight is 181 g/mol. The van der Waals surface area contributed by atoms with Gasteiger partial charge in [0, 0.05) is 12.6 Å². The Morgan fingerprint density at radius 3 is 2.15 bits per heavy atom. The summed E-state index contributed by atoms with van der Waals surface area (Å²) in [5.41, 5.74) is 2.19. The van der Waals surface area contributed by atoms with Gasteiger partial charge in [-0.1, -0.05) is 0 Å². The van der Waals surface area contributed by atoms with E-state index in [-0.39, 0.29) is 11.7 Å². The normalized spacial score (nSPS) is 9.85. The molecule has 1 amide bonds. The monoisotopic (exact) mass is 181 g/mol. The molecule has 0 saturated carbocycles. The van der Waals surface area contributed by atoms with Crippen LogP contribution in [0.1, 0.15) is 18.1 Å². The maximum atomic E-state index is 12.8. The molecule has 1 N–H and O–H groups in total. The molecule has 0 saturated heterocycles. The lowest BCUT2D eigenvalue weighted by molar-refractivity contribution is -0.114. The van der Waals surface area contributed by atoms with Gasteiger partial charge in [0.15, 0.2) is 0 Å². The van der Waals surface area contributed by atoms with Crippen LogP contribution in [0.4, 0.5) is 10.1 Å². The number of hydrogen-bond donors (Lipinski definition) is 1. The highest BCUT2D eigenvalue weighted by atomic mass is 19.1. The van der Waals surface area contributed by atoms with Crippen LogP contribution in [0.15, 0.2) is 12.1 Å². The highest BCUT2D eigenvalue weighted by Crippen LogP contribution is 2.21. The number of carbonyl (C=O) groups is 1. The highest BCUT2D eigenvalue weighted by molar-refractivity contribution is 5.90. The summed E-state index contributed by atoms with van der Waals surface area (Å²) in [6.07, 6.45) is 0. The van der Waals surface area contributed by atoms with E-state index in [9.17, 15) is 9.18 Å². The molecule has 0 radical (unpaired) electrons. The van der Waals surface area contributed by atoms with Crippen LogP contribution < -0.4 is 5.32 Å². The minimum Gasteiger partial charge on any atom is -0.326 e. The molecule has 3 heteroatoms. The first-order valence-electron chi connectivity index (χ1n) is 4.05. The largest absolute Gasteiger partial charge is 0.326 e. The Balaban J connectivity index is 3.13. The lowest BCUT2D eigenvalue weighted by Gasteiger charge is -2.09. The Morgan fingerprint density at radius 2 is 1.77 bits per heavy atom. The van der Waals surface area contributed by atoms with Crippen molar-refractivity contribution in [3.05, 3.63) is 29.1 Å². The van der Waals surface area contributed by atoms with Crippen LogP contribution in [-0.2, 0) is 4.79 Å². The summed E-state index contributed by atoms with van der Waals surface area (Å²) in [4.78, 5) is 10.8. The van der Waals surface area contributed by atoms with Gasteiger partial charge in [-0.25, -0.2) is 4.39 Å². The van der Waals surface area contributed by atoms with Gasteiger partial charge in [-0.15, -0.1) is 0 Å². The van der Waals surface area contributed by atoms with E-state index in [0.29, 0.717) is 5.69 Å². The zero-order valence-corrected chi connectivity index (χ0v) is 7.94. The SMILES string of the molecule is CC(=O)Nc1c(C)cc(F)cc1C. The van der Waals surface area contributed by atoms with Crippen molar-refractivity contribution < 1.29 is 9.18 Å². The fraction of sp³-hybridized carbons (Fsp3) is 0.300. The van der Waals surface area contributed by atoms with Gasteiger partial charge in [-0.2, -0.15) is 0 Å². The third-order valence-corrected chi connectivity index (χ3v) is 1.80. The molecule has 13 heavy (non-hydrogen) atoms. The Bertz CT molecular complexity index is 324. The van der Waals surface area contributed by atoms with Gasteiger partial charge in [-0.3, -0.25) is 4.79 Å². The standard InChI is InChI=1S/C10H12FNO/c1-6-4-9(11)5-7(2)10(6)12-8(3)13/h4-5H,1-3H3,(H,12,13). The van der Waals surface area contributed by atoms with E-state index in [1.54, 1.807) is 13.8 Å². The quantitative estimate of drug-likeness (QED) is 0.708. The number of halogens is 1. The number of nitrogens with one attached hydrogen (secondary N) is 1. The number of benzene rings is 1. The van der Waals surface area contributed by atoms with Crippen molar-refractivity contribution >= 4 is 11.6 Å². The Kier molecular flexibility index (Phi) is 2.66. The Morgan fingerprint density at radius 1 is 1.31 bits per heavy atom. The van der Waals surface area contributed by atoms with Crippen LogP contribution in [0.5, 0.6) is 0 Å². The van der Waals surface area contributed by atoms with Crippen LogP contribution in [0, 0.1) is 19.7 Å². The summed E-state index contributed by atoms with van der Waals surface area (Å²) in [6, 6.07) is 2.80. The molecule has 2 nitrogen and oxygen atoms in total. The van der Waals surface area contributed by atoms with Crippen LogP contribution in [-0.4, -0.2) is 5.91 Å². The zero-order valence-electron chi connectivity index (χ0n) is 7.94. The molecular formula is C10H12FNO. The molecule has 70 valence electrons. The molecule has 0 aliphatic carbocycles. The van der Waals surface area contributed by atoms with Crippen LogP contribution in [0.25, 0.3) is 0 Å². The minimum atomic E-state index is -0.274. The third kappa shape index (κ3) is 2.28. The lowest BCUT2D eigenvalue weighted by Crippen LogP contribution is -2.08. The Hall–Kier alpha value is -1.38. The van der Waals surface area contributed by atoms with Crippen molar-refractivity contribution in [3.8, 4) is 0 Å². The first-order chi connectivity index (χ1) is 6.00. The summed E-state index contributed by atoms with van der Waals surface area (Å²) >= 11 is 0. The van der Waals surface area contributed by atoms with E-state index in [2.05, 4.69) is 5.32 Å². The first-order valence-corrected chi connectivity index (χ1v) is 4.05. The predicted octanol–water partition coefficient (Wildman–Crippen LogP) is 2.40. The summed E-state index contributed by atoms with van der Waals surface area (Å²) in [5.74, 6) is -0.415. The van der Waals surface area contributed by atoms with Crippen molar-refractivity contribution in [3.63, 3.8) is 0 Å². The van der Waals surface area contributed by atoms with Gasteiger partial charge in [0.1, 0.15) is 5.82 Å². The van der Waals surface area contributed by atoms with E-state index in [1.807, 2.05) is 0 Å². The lowest BCUT2D eigenvalue weighted by atomic mass is 10.1. The van der Waals surface area contributed by atoms with Gasteiger partial charge in [0.25, 0.3) is 0 Å². The van der Waals surface area contributed by atoms with E-state index < -0.39 is 0 Å². The summed E-state index contributed by atoms with van der Waals surface area (Å²) in [7, 11) is 0. The molecule has 0 unspecified atom stereocenters. The molecule has 0 aliphatic heterocycles. The van der Waals surface area contributed by atoms with E-state index in [0.717, 1.165) is 11.1 Å². The van der Waals surface area contributed by atoms with Gasteiger partial charge < -0.3 is 5.32 Å². The fourth-order valence-electron chi connectivity index (χ4n) is 1.28. The molecule has 0 atom stereocenters. The maximum absolute atomic E-state index is 12.8. The number of hydrogen-bond acceptors (Lipinski definition) is 1. The van der Waals surface area contributed by atoms with Gasteiger partial charge in [-0.05, 0) is 37.1 Å². The average Bonchev–Trinajstić information content (AvgIpc) is 1.96. The van der Waals surface area contributed by atoms with E-state index in [4.69, 9.17) is 0 Å². The molecule has 0 aliphatic rings. The second-order valence-corrected chi connectivity index (χ2v) is 3.10. The molecular weight excluding hydrogens is 169 g/mol. The molecule has 1 aromatic carbocycles. The van der Waals surface area contributed by atoms with Crippen molar-refractivity contribution in [1.29, 1.82) is 0 Å². The number of rotatable bonds is 1. The highest BCUT2D eigenvalue weighted by Gasteiger charge is 2.05. The third-order valence-electron chi connectivity index (χ3n) is 1.80. The van der Waals surface area contributed by atoms with Gasteiger partial charge in [0.2, 0.25) is 5.91 Å². The smallest absolute Gasteiger partial charge is 0.221 e. The number of amides is 1. The second kappa shape index (κ2) is 3.56. The molecule has 0 aromatic heterocycles. The molecule has 0 heterocycles. The van der Waals surface area contributed by atoms with E-state index >= 15 is 0 Å². The van der Waals surface area contributed by atoms with E-state index in [1.165, 1.54) is 19.1 Å². The minimum absolute atomic E-state index is 0.141. The molecule has 0 spiro atoms. The molecule has 0 bridgehead atoms. The fourth-order valence-corrected chi connectivity index (χ4v) is 1.28.